The molecule has 29 heavy (non-hydrogen) atoms. The van der Waals surface area contributed by atoms with Gasteiger partial charge in [-0.25, -0.2) is 4.98 Å². The minimum Gasteiger partial charge on any atom is -0.363 e. The van der Waals surface area contributed by atoms with Crippen LogP contribution in [0, 0.1) is 0 Å². The molecule has 2 aromatic rings. The van der Waals surface area contributed by atoms with Crippen molar-refractivity contribution >= 4 is 57.6 Å². The molecule has 0 aromatic carbocycles. The molecule has 160 valence electrons. The van der Waals surface area contributed by atoms with E-state index in [1.807, 2.05) is 29.7 Å². The van der Waals surface area contributed by atoms with Crippen molar-refractivity contribution in [1.82, 2.24) is 15.6 Å². The fourth-order valence-electron chi connectivity index (χ4n) is 4.04. The van der Waals surface area contributed by atoms with E-state index in [9.17, 15) is 0 Å². The number of halogens is 1. The van der Waals surface area contributed by atoms with Crippen molar-refractivity contribution in [2.24, 2.45) is 4.99 Å². The molecule has 0 unspecified atom stereocenters. The highest BCUT2D eigenvalue weighted by atomic mass is 127. The van der Waals surface area contributed by atoms with Crippen LogP contribution in [0.15, 0.2) is 22.5 Å². The number of aliphatic imine (C=N–C) groups is 1. The Hall–Kier alpha value is -0.870. The van der Waals surface area contributed by atoms with E-state index in [0.29, 0.717) is 6.04 Å². The standard InChI is InChI=1S/C21H31N5S2.HI/c1-22-21(24-16-10-13-26(14-11-16)20-9-5-15-27-20)23-12-4-8-19-25-17-6-2-3-7-18(17)28-19;/h5,9,15-16H,2-4,6-8,10-14H2,1H3,(H2,22,23,24);1H. The molecule has 8 heteroatoms. The lowest BCUT2D eigenvalue weighted by Crippen LogP contribution is -2.48. The van der Waals surface area contributed by atoms with Crippen LogP contribution in [0.5, 0.6) is 0 Å². The molecular weight excluding hydrogens is 513 g/mol. The molecule has 0 saturated carbocycles. The number of anilines is 1. The third-order valence-corrected chi connectivity index (χ3v) is 7.77. The number of aromatic nitrogens is 1. The summed E-state index contributed by atoms with van der Waals surface area (Å²) in [5.41, 5.74) is 1.38. The second kappa shape index (κ2) is 11.5. The molecule has 1 saturated heterocycles. The normalized spacial score (nSPS) is 17.6. The predicted molar refractivity (Wildman–Crippen MR) is 137 cm³/mol. The minimum atomic E-state index is 0. The van der Waals surface area contributed by atoms with E-state index in [4.69, 9.17) is 4.98 Å². The van der Waals surface area contributed by atoms with Gasteiger partial charge in [0.15, 0.2) is 5.96 Å². The third-order valence-electron chi connectivity index (χ3n) is 5.63. The molecule has 3 heterocycles. The van der Waals surface area contributed by atoms with Gasteiger partial charge < -0.3 is 15.5 Å². The molecular formula is C21H32IN5S2. The monoisotopic (exact) mass is 545 g/mol. The lowest BCUT2D eigenvalue weighted by atomic mass is 10.0. The van der Waals surface area contributed by atoms with Gasteiger partial charge in [-0.1, -0.05) is 0 Å². The molecule has 2 aliphatic rings. The van der Waals surface area contributed by atoms with Crippen LogP contribution in [-0.2, 0) is 19.3 Å². The highest BCUT2D eigenvalue weighted by Gasteiger charge is 2.20. The fraction of sp³-hybridized carbons (Fsp3) is 0.619. The number of nitrogens with one attached hydrogen (secondary N) is 2. The van der Waals surface area contributed by atoms with Gasteiger partial charge in [-0.3, -0.25) is 4.99 Å². The van der Waals surface area contributed by atoms with Crippen molar-refractivity contribution in [3.05, 3.63) is 33.1 Å². The molecule has 2 aromatic heterocycles. The zero-order valence-electron chi connectivity index (χ0n) is 17.2. The largest absolute Gasteiger partial charge is 0.363 e. The summed E-state index contributed by atoms with van der Waals surface area (Å²) in [4.78, 5) is 13.3. The number of guanidine groups is 1. The molecule has 0 atom stereocenters. The van der Waals surface area contributed by atoms with E-state index < -0.39 is 0 Å². The summed E-state index contributed by atoms with van der Waals surface area (Å²) in [5.74, 6) is 0.938. The van der Waals surface area contributed by atoms with Crippen molar-refractivity contribution in [1.29, 1.82) is 0 Å². The highest BCUT2D eigenvalue weighted by Crippen LogP contribution is 2.27. The predicted octanol–water partition coefficient (Wildman–Crippen LogP) is 4.47. The lowest BCUT2D eigenvalue weighted by Gasteiger charge is -2.33. The number of piperidine rings is 1. The molecule has 1 fully saturated rings. The molecule has 0 spiro atoms. The Labute approximate surface area is 199 Å². The first-order valence-electron chi connectivity index (χ1n) is 10.5. The quantitative estimate of drug-likeness (QED) is 0.244. The van der Waals surface area contributed by atoms with E-state index in [1.54, 1.807) is 4.88 Å². The Morgan fingerprint density at radius 3 is 2.83 bits per heavy atom. The zero-order chi connectivity index (χ0) is 19.2. The Morgan fingerprint density at radius 1 is 1.28 bits per heavy atom. The molecule has 0 radical (unpaired) electrons. The van der Waals surface area contributed by atoms with Crippen molar-refractivity contribution < 1.29 is 0 Å². The second-order valence-corrected chi connectivity index (χ2v) is 9.74. The number of thiophene rings is 1. The SMILES string of the molecule is CN=C(NCCCc1nc2c(s1)CCCC2)NC1CCN(c2cccs2)CC1.I. The first-order valence-corrected chi connectivity index (χ1v) is 12.2. The molecule has 5 nitrogen and oxygen atoms in total. The second-order valence-electron chi connectivity index (χ2n) is 7.64. The number of aryl methyl sites for hydroxylation is 3. The van der Waals surface area contributed by atoms with Gasteiger partial charge >= 0.3 is 0 Å². The number of hydrogen-bond donors (Lipinski definition) is 2. The summed E-state index contributed by atoms with van der Waals surface area (Å²) in [5, 5.41) is 12.0. The molecule has 1 aliphatic heterocycles. The zero-order valence-corrected chi connectivity index (χ0v) is 21.1. The number of hydrogen-bond acceptors (Lipinski definition) is 5. The van der Waals surface area contributed by atoms with E-state index >= 15 is 0 Å². The maximum absolute atomic E-state index is 4.85. The number of thiazole rings is 1. The Bertz CT molecular complexity index is 743. The van der Waals surface area contributed by atoms with Crippen molar-refractivity contribution in [3.8, 4) is 0 Å². The first kappa shape index (κ1) is 22.8. The fourth-order valence-corrected chi connectivity index (χ4v) is 6.02. The van der Waals surface area contributed by atoms with Crippen LogP contribution in [0.2, 0.25) is 0 Å². The first-order chi connectivity index (χ1) is 13.8. The Balaban J connectivity index is 0.00000240. The number of nitrogens with zero attached hydrogens (tertiary/aromatic N) is 3. The molecule has 4 rings (SSSR count). The van der Waals surface area contributed by atoms with Gasteiger partial charge in [-0.2, -0.15) is 0 Å². The van der Waals surface area contributed by atoms with Crippen molar-refractivity contribution in [2.45, 2.75) is 57.4 Å². The van der Waals surface area contributed by atoms with Crippen LogP contribution in [0.25, 0.3) is 0 Å². The number of fused-ring (bicyclic) bond motifs is 1. The van der Waals surface area contributed by atoms with Crippen molar-refractivity contribution in [3.63, 3.8) is 0 Å². The summed E-state index contributed by atoms with van der Waals surface area (Å²) >= 11 is 3.77. The van der Waals surface area contributed by atoms with Crippen LogP contribution < -0.4 is 15.5 Å². The smallest absolute Gasteiger partial charge is 0.191 e. The van der Waals surface area contributed by atoms with Gasteiger partial charge in [0, 0.05) is 44.0 Å². The van der Waals surface area contributed by atoms with Crippen LogP contribution in [0.4, 0.5) is 5.00 Å². The van der Waals surface area contributed by atoms with Gasteiger partial charge in [-0.05, 0) is 62.5 Å². The van der Waals surface area contributed by atoms with Gasteiger partial charge in [-0.15, -0.1) is 46.7 Å². The van der Waals surface area contributed by atoms with Gasteiger partial charge in [0.2, 0.25) is 0 Å². The number of rotatable bonds is 6. The summed E-state index contributed by atoms with van der Waals surface area (Å²) in [6.07, 6.45) is 9.56. The third kappa shape index (κ3) is 6.30. The Kier molecular flexibility index (Phi) is 9.05. The van der Waals surface area contributed by atoms with E-state index in [1.165, 1.54) is 41.4 Å². The van der Waals surface area contributed by atoms with Crippen LogP contribution in [0.3, 0.4) is 0 Å². The summed E-state index contributed by atoms with van der Waals surface area (Å²) in [6, 6.07) is 4.86. The summed E-state index contributed by atoms with van der Waals surface area (Å²) < 4.78 is 0. The van der Waals surface area contributed by atoms with E-state index in [-0.39, 0.29) is 24.0 Å². The lowest BCUT2D eigenvalue weighted by molar-refractivity contribution is 0.462. The van der Waals surface area contributed by atoms with E-state index in [0.717, 1.165) is 51.3 Å². The average Bonchev–Trinajstić information content (AvgIpc) is 3.40. The maximum Gasteiger partial charge on any atom is 0.191 e. The topological polar surface area (TPSA) is 52.6 Å². The minimum absolute atomic E-state index is 0. The molecule has 0 amide bonds. The maximum atomic E-state index is 4.85. The Morgan fingerprint density at radius 2 is 2.10 bits per heavy atom. The molecule has 1 aliphatic carbocycles. The van der Waals surface area contributed by atoms with Crippen LogP contribution in [-0.4, -0.2) is 43.7 Å². The molecule has 0 bridgehead atoms. The highest BCUT2D eigenvalue weighted by molar-refractivity contribution is 14.0. The van der Waals surface area contributed by atoms with Crippen molar-refractivity contribution in [2.75, 3.05) is 31.6 Å². The van der Waals surface area contributed by atoms with Gasteiger partial charge in [0.05, 0.1) is 15.7 Å². The summed E-state index contributed by atoms with van der Waals surface area (Å²) in [6.45, 7) is 3.17. The van der Waals surface area contributed by atoms with Gasteiger partial charge in [0.1, 0.15) is 0 Å². The molecule has 2 N–H and O–H groups in total. The summed E-state index contributed by atoms with van der Waals surface area (Å²) in [7, 11) is 1.87. The van der Waals surface area contributed by atoms with Crippen LogP contribution in [0.1, 0.15) is 47.7 Å². The van der Waals surface area contributed by atoms with Gasteiger partial charge in [0.25, 0.3) is 0 Å². The average molecular weight is 546 g/mol. The van der Waals surface area contributed by atoms with Crippen LogP contribution >= 0.6 is 46.7 Å². The van der Waals surface area contributed by atoms with E-state index in [2.05, 4.69) is 38.0 Å².